The monoisotopic (exact) mass is 282 g/mol. The summed E-state index contributed by atoms with van der Waals surface area (Å²) in [6.07, 6.45) is 3.72. The molecule has 1 aliphatic heterocycles. The van der Waals surface area contributed by atoms with Crippen LogP contribution in [0, 0.1) is 0 Å². The number of nitrogens with one attached hydrogen (secondary N) is 1. The summed E-state index contributed by atoms with van der Waals surface area (Å²) in [5, 5.41) is 12.7. The predicted molar refractivity (Wildman–Crippen MR) is 77.2 cm³/mol. The van der Waals surface area contributed by atoms with Crippen LogP contribution in [0.3, 0.4) is 0 Å². The normalized spacial score (nSPS) is 20.2. The van der Waals surface area contributed by atoms with Crippen LogP contribution >= 0.6 is 11.6 Å². The molecule has 1 aliphatic rings. The van der Waals surface area contributed by atoms with E-state index in [0.717, 1.165) is 18.8 Å². The summed E-state index contributed by atoms with van der Waals surface area (Å²) in [7, 11) is 2.14. The highest BCUT2D eigenvalue weighted by molar-refractivity contribution is 6.33. The molecule has 1 heterocycles. The highest BCUT2D eigenvalue weighted by Gasteiger charge is 2.18. The maximum atomic E-state index is 10.8. The van der Waals surface area contributed by atoms with Gasteiger partial charge in [0.1, 0.15) is 0 Å². The lowest BCUT2D eigenvalue weighted by atomic mass is 10.0. The van der Waals surface area contributed by atoms with Gasteiger partial charge >= 0.3 is 5.97 Å². The maximum absolute atomic E-state index is 10.8. The Balaban J connectivity index is 1.97. The zero-order valence-corrected chi connectivity index (χ0v) is 11.8. The van der Waals surface area contributed by atoms with E-state index in [0.29, 0.717) is 11.1 Å². The lowest BCUT2D eigenvalue weighted by Crippen LogP contribution is -2.40. The highest BCUT2D eigenvalue weighted by Crippen LogP contribution is 2.24. The van der Waals surface area contributed by atoms with Gasteiger partial charge in [0.05, 0.1) is 16.3 Å². The number of carboxylic acid groups (broad SMARTS) is 1. The van der Waals surface area contributed by atoms with Crippen molar-refractivity contribution >= 4 is 23.3 Å². The van der Waals surface area contributed by atoms with E-state index in [2.05, 4.69) is 17.3 Å². The van der Waals surface area contributed by atoms with Gasteiger partial charge in [0.15, 0.2) is 0 Å². The van der Waals surface area contributed by atoms with Crippen LogP contribution in [0.25, 0.3) is 0 Å². The maximum Gasteiger partial charge on any atom is 0.335 e. The van der Waals surface area contributed by atoms with Gasteiger partial charge in [-0.1, -0.05) is 18.0 Å². The summed E-state index contributed by atoms with van der Waals surface area (Å²) < 4.78 is 0. The minimum atomic E-state index is -0.958. The Morgan fingerprint density at radius 3 is 2.95 bits per heavy atom. The van der Waals surface area contributed by atoms with Gasteiger partial charge in [0.2, 0.25) is 0 Å². The molecule has 19 heavy (non-hydrogen) atoms. The molecule has 1 fully saturated rings. The Hall–Kier alpha value is -1.26. The van der Waals surface area contributed by atoms with Gasteiger partial charge in [0, 0.05) is 12.6 Å². The molecule has 0 spiro atoms. The molecule has 1 aromatic carbocycles. The Kier molecular flexibility index (Phi) is 4.66. The molecule has 0 bridgehead atoms. The molecule has 0 aromatic heterocycles. The lowest BCUT2D eigenvalue weighted by molar-refractivity contribution is 0.0697. The summed E-state index contributed by atoms with van der Waals surface area (Å²) in [5.41, 5.74) is 1.01. The van der Waals surface area contributed by atoms with Gasteiger partial charge in [0.25, 0.3) is 0 Å². The Morgan fingerprint density at radius 2 is 2.32 bits per heavy atom. The summed E-state index contributed by atoms with van der Waals surface area (Å²) in [6, 6.07) is 5.30. The fraction of sp³-hybridized carbons (Fsp3) is 0.500. The highest BCUT2D eigenvalue weighted by atomic mass is 35.5. The van der Waals surface area contributed by atoms with Crippen LogP contribution in [0.4, 0.5) is 5.69 Å². The zero-order chi connectivity index (χ0) is 13.8. The summed E-state index contributed by atoms with van der Waals surface area (Å²) >= 11 is 6.09. The molecule has 1 atom stereocenters. The minimum Gasteiger partial charge on any atom is -0.478 e. The topological polar surface area (TPSA) is 52.6 Å². The van der Waals surface area contributed by atoms with Gasteiger partial charge in [-0.05, 0) is 44.6 Å². The Bertz CT molecular complexity index is 465. The number of benzene rings is 1. The average molecular weight is 283 g/mol. The standard InChI is InChI=1S/C14H19ClN2O2/c1-17-7-3-2-4-11(17)9-16-13-6-5-10(14(18)19)8-12(13)15/h5-6,8,11,16H,2-4,7,9H2,1H3,(H,18,19). The summed E-state index contributed by atoms with van der Waals surface area (Å²) in [5.74, 6) is -0.958. The third kappa shape index (κ3) is 3.61. The number of rotatable bonds is 4. The lowest BCUT2D eigenvalue weighted by Gasteiger charge is -2.32. The molecular weight excluding hydrogens is 264 g/mol. The van der Waals surface area contributed by atoms with Crippen molar-refractivity contribution in [1.82, 2.24) is 4.90 Å². The summed E-state index contributed by atoms with van der Waals surface area (Å²) in [4.78, 5) is 13.2. The zero-order valence-electron chi connectivity index (χ0n) is 11.0. The van der Waals surface area contributed by atoms with Crippen LogP contribution in [0.5, 0.6) is 0 Å². The number of hydrogen-bond donors (Lipinski definition) is 2. The van der Waals surface area contributed by atoms with Crippen LogP contribution in [0.2, 0.25) is 5.02 Å². The van der Waals surface area contributed by atoms with Gasteiger partial charge in [-0.25, -0.2) is 4.79 Å². The Morgan fingerprint density at radius 1 is 1.53 bits per heavy atom. The Labute approximate surface area is 118 Å². The first-order valence-corrected chi connectivity index (χ1v) is 6.92. The van der Waals surface area contributed by atoms with Crippen molar-refractivity contribution in [3.63, 3.8) is 0 Å². The van der Waals surface area contributed by atoms with E-state index in [1.54, 1.807) is 12.1 Å². The van der Waals surface area contributed by atoms with Gasteiger partial charge in [-0.2, -0.15) is 0 Å². The van der Waals surface area contributed by atoms with E-state index in [9.17, 15) is 4.79 Å². The van der Waals surface area contributed by atoms with E-state index < -0.39 is 5.97 Å². The molecule has 1 aromatic rings. The van der Waals surface area contributed by atoms with Crippen LogP contribution in [-0.2, 0) is 0 Å². The first-order valence-electron chi connectivity index (χ1n) is 6.55. The fourth-order valence-electron chi connectivity index (χ4n) is 2.42. The van der Waals surface area contributed by atoms with E-state index in [1.165, 1.54) is 25.3 Å². The molecule has 4 nitrogen and oxygen atoms in total. The number of aromatic carboxylic acids is 1. The summed E-state index contributed by atoms with van der Waals surface area (Å²) in [6.45, 7) is 1.97. The second-order valence-electron chi connectivity index (χ2n) is 5.01. The van der Waals surface area contributed by atoms with Crippen molar-refractivity contribution < 1.29 is 9.90 Å². The first kappa shape index (κ1) is 14.2. The number of carbonyl (C=O) groups is 1. The van der Waals surface area contributed by atoms with Crippen LogP contribution in [0.15, 0.2) is 18.2 Å². The average Bonchev–Trinajstić information content (AvgIpc) is 2.39. The van der Waals surface area contributed by atoms with Gasteiger partial charge < -0.3 is 15.3 Å². The first-order chi connectivity index (χ1) is 9.08. The number of carboxylic acids is 1. The fourth-order valence-corrected chi connectivity index (χ4v) is 2.67. The predicted octanol–water partition coefficient (Wildman–Crippen LogP) is 2.93. The SMILES string of the molecule is CN1CCCCC1CNc1ccc(C(=O)O)cc1Cl. The van der Waals surface area contributed by atoms with Crippen LogP contribution < -0.4 is 5.32 Å². The molecule has 0 aliphatic carbocycles. The van der Waals surface area contributed by atoms with Crippen molar-refractivity contribution in [2.24, 2.45) is 0 Å². The number of hydrogen-bond acceptors (Lipinski definition) is 3. The number of halogens is 1. The molecule has 0 amide bonds. The molecule has 1 unspecified atom stereocenters. The van der Waals surface area contributed by atoms with E-state index in [1.807, 2.05) is 0 Å². The number of likely N-dealkylation sites (tertiary alicyclic amines) is 1. The van der Waals surface area contributed by atoms with Crippen molar-refractivity contribution in [2.75, 3.05) is 25.5 Å². The molecular formula is C14H19ClN2O2. The molecule has 2 N–H and O–H groups in total. The molecule has 1 saturated heterocycles. The van der Waals surface area contributed by atoms with Crippen molar-refractivity contribution in [3.05, 3.63) is 28.8 Å². The molecule has 104 valence electrons. The van der Waals surface area contributed by atoms with Crippen LogP contribution in [0.1, 0.15) is 29.6 Å². The van der Waals surface area contributed by atoms with Gasteiger partial charge in [-0.15, -0.1) is 0 Å². The molecule has 5 heteroatoms. The molecule has 0 saturated carbocycles. The second-order valence-corrected chi connectivity index (χ2v) is 5.42. The van der Waals surface area contributed by atoms with Crippen molar-refractivity contribution in [3.8, 4) is 0 Å². The second kappa shape index (κ2) is 6.26. The number of anilines is 1. The third-order valence-corrected chi connectivity index (χ3v) is 3.98. The third-order valence-electron chi connectivity index (χ3n) is 3.67. The van der Waals surface area contributed by atoms with E-state index >= 15 is 0 Å². The van der Waals surface area contributed by atoms with E-state index in [4.69, 9.17) is 16.7 Å². The number of piperidine rings is 1. The number of nitrogens with zero attached hydrogens (tertiary/aromatic N) is 1. The smallest absolute Gasteiger partial charge is 0.335 e. The quantitative estimate of drug-likeness (QED) is 0.891. The minimum absolute atomic E-state index is 0.213. The van der Waals surface area contributed by atoms with Crippen LogP contribution in [-0.4, -0.2) is 42.2 Å². The van der Waals surface area contributed by atoms with Crippen molar-refractivity contribution in [1.29, 1.82) is 0 Å². The molecule has 2 rings (SSSR count). The number of likely N-dealkylation sites (N-methyl/N-ethyl adjacent to an activating group) is 1. The molecule has 0 radical (unpaired) electrons. The van der Waals surface area contributed by atoms with E-state index in [-0.39, 0.29) is 5.56 Å². The largest absolute Gasteiger partial charge is 0.478 e. The van der Waals surface area contributed by atoms with Gasteiger partial charge in [-0.3, -0.25) is 0 Å². The van der Waals surface area contributed by atoms with Crippen molar-refractivity contribution in [2.45, 2.75) is 25.3 Å².